The number of pyridine rings is 1. The summed E-state index contributed by atoms with van der Waals surface area (Å²) in [5.41, 5.74) is 6.45. The maximum Gasteiger partial charge on any atom is 0.307 e. The molecule has 0 aliphatic carbocycles. The van der Waals surface area contributed by atoms with Gasteiger partial charge in [0.25, 0.3) is 0 Å². The Morgan fingerprint density at radius 1 is 1.64 bits per heavy atom. The summed E-state index contributed by atoms with van der Waals surface area (Å²) in [6, 6.07) is 3.29. The van der Waals surface area contributed by atoms with Gasteiger partial charge in [-0.2, -0.15) is 0 Å². The smallest absolute Gasteiger partial charge is 0.307 e. The Labute approximate surface area is 86.0 Å². The number of nitrogen functional groups attached to an aromatic ring is 1. The maximum atomic E-state index is 10.2. The number of aliphatic carboxylic acids is 1. The number of carbonyl (C=O) groups is 1. The number of aromatic nitrogens is 1. The summed E-state index contributed by atoms with van der Waals surface area (Å²) in [7, 11) is 0. The summed E-state index contributed by atoms with van der Waals surface area (Å²) in [5.74, 6) is -0.886. The molecule has 0 amide bonds. The van der Waals surface area contributed by atoms with E-state index in [0.29, 0.717) is 11.4 Å². The van der Waals surface area contributed by atoms with Crippen LogP contribution in [-0.2, 0) is 4.79 Å². The average Bonchev–Trinajstić information content (AvgIpc) is 2.10. The van der Waals surface area contributed by atoms with Crippen molar-refractivity contribution < 1.29 is 9.90 Å². The molecule has 0 spiro atoms. The first kappa shape index (κ1) is 10.5. The van der Waals surface area contributed by atoms with Gasteiger partial charge in [-0.1, -0.05) is 17.7 Å². The van der Waals surface area contributed by atoms with Gasteiger partial charge in [-0.15, -0.1) is 0 Å². The molecule has 1 aromatic heterocycles. The van der Waals surface area contributed by atoms with E-state index in [-0.39, 0.29) is 11.6 Å². The zero-order chi connectivity index (χ0) is 10.6. The van der Waals surface area contributed by atoms with Gasteiger partial charge in [0.2, 0.25) is 0 Å². The van der Waals surface area contributed by atoms with E-state index >= 15 is 0 Å². The molecular weight excluding hydrogens is 204 g/mol. The normalized spacial score (nSPS) is 10.6. The summed E-state index contributed by atoms with van der Waals surface area (Å²) in [4.78, 5) is 14.1. The topological polar surface area (TPSA) is 76.2 Å². The number of anilines is 1. The number of nitrogens with zero attached hydrogens (tertiary/aromatic N) is 1. The van der Waals surface area contributed by atoms with Crippen molar-refractivity contribution in [2.75, 3.05) is 5.73 Å². The zero-order valence-electron chi connectivity index (χ0n) is 7.27. The second-order valence-electron chi connectivity index (χ2n) is 2.62. The van der Waals surface area contributed by atoms with Crippen molar-refractivity contribution >= 4 is 29.3 Å². The molecule has 0 saturated carbocycles. The van der Waals surface area contributed by atoms with Gasteiger partial charge in [0.1, 0.15) is 0 Å². The Morgan fingerprint density at radius 2 is 2.36 bits per heavy atom. The molecule has 0 aliphatic rings. The lowest BCUT2D eigenvalue weighted by molar-refractivity contribution is -0.135. The van der Waals surface area contributed by atoms with Crippen molar-refractivity contribution in [2.45, 2.75) is 6.42 Å². The van der Waals surface area contributed by atoms with Crippen LogP contribution in [0.25, 0.3) is 6.08 Å². The molecule has 1 rings (SSSR count). The minimum Gasteiger partial charge on any atom is -0.481 e. The van der Waals surface area contributed by atoms with Gasteiger partial charge in [0, 0.05) is 0 Å². The molecule has 0 aliphatic heterocycles. The van der Waals surface area contributed by atoms with Gasteiger partial charge in [0.05, 0.1) is 17.8 Å². The molecule has 0 aromatic carbocycles. The van der Waals surface area contributed by atoms with Crippen LogP contribution < -0.4 is 5.73 Å². The SMILES string of the molecule is Nc1ccc(C=CCC(=O)O)nc1Cl. The largest absolute Gasteiger partial charge is 0.481 e. The van der Waals surface area contributed by atoms with E-state index in [2.05, 4.69) is 4.98 Å². The summed E-state index contributed by atoms with van der Waals surface area (Å²) in [6.45, 7) is 0. The van der Waals surface area contributed by atoms with E-state index in [1.165, 1.54) is 6.08 Å². The molecule has 0 saturated heterocycles. The molecule has 0 atom stereocenters. The standard InChI is InChI=1S/C9H9ClN2O2/c10-9-7(11)5-4-6(12-9)2-1-3-8(13)14/h1-2,4-5H,3,11H2,(H,13,14). The molecule has 1 heterocycles. The lowest BCUT2D eigenvalue weighted by Gasteiger charge is -1.97. The zero-order valence-corrected chi connectivity index (χ0v) is 8.03. The molecular formula is C9H9ClN2O2. The highest BCUT2D eigenvalue weighted by Crippen LogP contribution is 2.15. The second-order valence-corrected chi connectivity index (χ2v) is 2.97. The summed E-state index contributed by atoms with van der Waals surface area (Å²) in [6.07, 6.45) is 3.04. The molecule has 3 N–H and O–H groups in total. The first-order chi connectivity index (χ1) is 6.59. The number of rotatable bonds is 3. The van der Waals surface area contributed by atoms with Crippen molar-refractivity contribution in [3.05, 3.63) is 29.1 Å². The highest BCUT2D eigenvalue weighted by Gasteiger charge is 1.97. The fourth-order valence-corrected chi connectivity index (χ4v) is 0.993. The van der Waals surface area contributed by atoms with Crippen LogP contribution in [0.1, 0.15) is 12.1 Å². The van der Waals surface area contributed by atoms with E-state index in [1.54, 1.807) is 18.2 Å². The lowest BCUT2D eigenvalue weighted by atomic mass is 10.3. The van der Waals surface area contributed by atoms with Crippen LogP contribution >= 0.6 is 11.6 Å². The molecule has 14 heavy (non-hydrogen) atoms. The number of carboxylic acid groups (broad SMARTS) is 1. The van der Waals surface area contributed by atoms with Crippen LogP contribution in [0.15, 0.2) is 18.2 Å². The van der Waals surface area contributed by atoms with Gasteiger partial charge in [-0.05, 0) is 18.2 Å². The van der Waals surface area contributed by atoms with Gasteiger partial charge < -0.3 is 10.8 Å². The van der Waals surface area contributed by atoms with Crippen molar-refractivity contribution in [3.8, 4) is 0 Å². The van der Waals surface area contributed by atoms with E-state index < -0.39 is 5.97 Å². The number of hydrogen-bond acceptors (Lipinski definition) is 3. The number of nitrogens with two attached hydrogens (primary N) is 1. The number of halogens is 1. The molecule has 0 bridgehead atoms. The molecule has 1 aromatic rings. The van der Waals surface area contributed by atoms with Crippen molar-refractivity contribution in [3.63, 3.8) is 0 Å². The first-order valence-electron chi connectivity index (χ1n) is 3.90. The number of hydrogen-bond donors (Lipinski definition) is 2. The fraction of sp³-hybridized carbons (Fsp3) is 0.111. The average molecular weight is 213 g/mol. The van der Waals surface area contributed by atoms with Crippen LogP contribution in [0.4, 0.5) is 5.69 Å². The minimum absolute atomic E-state index is 0.0380. The van der Waals surface area contributed by atoms with Crippen molar-refractivity contribution in [1.82, 2.24) is 4.98 Å². The molecule has 74 valence electrons. The minimum atomic E-state index is -0.886. The van der Waals surface area contributed by atoms with Crippen LogP contribution in [0.2, 0.25) is 5.15 Å². The Balaban J connectivity index is 2.73. The quantitative estimate of drug-likeness (QED) is 0.750. The second kappa shape index (κ2) is 4.62. The highest BCUT2D eigenvalue weighted by molar-refractivity contribution is 6.31. The van der Waals surface area contributed by atoms with Crippen molar-refractivity contribution in [2.24, 2.45) is 0 Å². The predicted octanol–water partition coefficient (Wildman–Crippen LogP) is 1.81. The van der Waals surface area contributed by atoms with Crippen LogP contribution in [0.5, 0.6) is 0 Å². The van der Waals surface area contributed by atoms with Gasteiger partial charge in [-0.3, -0.25) is 4.79 Å². The number of carboxylic acids is 1. The van der Waals surface area contributed by atoms with Crippen molar-refractivity contribution in [1.29, 1.82) is 0 Å². The van der Waals surface area contributed by atoms with E-state index in [0.717, 1.165) is 0 Å². The van der Waals surface area contributed by atoms with Gasteiger partial charge in [-0.25, -0.2) is 4.98 Å². The molecule has 0 radical (unpaired) electrons. The summed E-state index contributed by atoms with van der Waals surface area (Å²) >= 11 is 5.67. The monoisotopic (exact) mass is 212 g/mol. The van der Waals surface area contributed by atoms with E-state index in [1.807, 2.05) is 0 Å². The predicted molar refractivity (Wildman–Crippen MR) is 54.9 cm³/mol. The highest BCUT2D eigenvalue weighted by atomic mass is 35.5. The summed E-state index contributed by atoms with van der Waals surface area (Å²) in [5, 5.41) is 8.60. The lowest BCUT2D eigenvalue weighted by Crippen LogP contribution is -1.92. The van der Waals surface area contributed by atoms with E-state index in [4.69, 9.17) is 22.4 Å². The molecule has 4 nitrogen and oxygen atoms in total. The maximum absolute atomic E-state index is 10.2. The third kappa shape index (κ3) is 3.06. The van der Waals surface area contributed by atoms with E-state index in [9.17, 15) is 4.79 Å². The van der Waals surface area contributed by atoms with Crippen LogP contribution in [0, 0.1) is 0 Å². The Hall–Kier alpha value is -1.55. The Bertz CT molecular complexity index is 377. The van der Waals surface area contributed by atoms with Gasteiger partial charge in [0.15, 0.2) is 5.15 Å². The summed E-state index contributed by atoms with van der Waals surface area (Å²) < 4.78 is 0. The first-order valence-corrected chi connectivity index (χ1v) is 4.28. The third-order valence-electron chi connectivity index (χ3n) is 1.48. The molecule has 0 fully saturated rings. The Kier molecular flexibility index (Phi) is 3.48. The third-order valence-corrected chi connectivity index (χ3v) is 1.78. The molecule has 5 heteroatoms. The van der Waals surface area contributed by atoms with Gasteiger partial charge >= 0.3 is 5.97 Å². The van der Waals surface area contributed by atoms with Crippen LogP contribution in [-0.4, -0.2) is 16.1 Å². The fourth-order valence-electron chi connectivity index (χ4n) is 0.832. The van der Waals surface area contributed by atoms with Crippen LogP contribution in [0.3, 0.4) is 0 Å². The Morgan fingerprint density at radius 3 is 2.93 bits per heavy atom. The molecule has 0 unspecified atom stereocenters.